The van der Waals surface area contributed by atoms with Crippen molar-refractivity contribution in [1.82, 2.24) is 0 Å². The summed E-state index contributed by atoms with van der Waals surface area (Å²) in [5.41, 5.74) is 0. The van der Waals surface area contributed by atoms with E-state index in [9.17, 15) is 4.39 Å². The summed E-state index contributed by atoms with van der Waals surface area (Å²) in [6.45, 7) is 11.3. The van der Waals surface area contributed by atoms with Crippen LogP contribution in [0.15, 0.2) is 0 Å². The normalized spacial score (nSPS) is 15.3. The summed E-state index contributed by atoms with van der Waals surface area (Å²) in [4.78, 5) is 0. The standard InChI is InChI=1S/C18H39FO2Si/c1-7-9-10-11-12-13-14-15-16-22(8-2,20-17(3)4)21-18(5,6)19/h17H,7-16H2,1-6H3. The van der Waals surface area contributed by atoms with Gasteiger partial charge in [0.15, 0.2) is 5.85 Å². The van der Waals surface area contributed by atoms with Crippen molar-refractivity contribution >= 4 is 8.56 Å². The molecule has 0 aromatic carbocycles. The maximum absolute atomic E-state index is 14.0. The van der Waals surface area contributed by atoms with E-state index in [0.29, 0.717) is 0 Å². The molecule has 0 fully saturated rings. The second-order valence-electron chi connectivity index (χ2n) is 7.12. The first-order chi connectivity index (χ1) is 10.2. The highest BCUT2D eigenvalue weighted by Gasteiger charge is 2.41. The van der Waals surface area contributed by atoms with Gasteiger partial charge in [0.2, 0.25) is 0 Å². The lowest BCUT2D eigenvalue weighted by atomic mass is 10.1. The van der Waals surface area contributed by atoms with Crippen LogP contribution >= 0.6 is 0 Å². The lowest BCUT2D eigenvalue weighted by Gasteiger charge is -2.35. The Morgan fingerprint density at radius 2 is 1.41 bits per heavy atom. The summed E-state index contributed by atoms with van der Waals surface area (Å²) in [5.74, 6) is -1.60. The van der Waals surface area contributed by atoms with E-state index in [0.717, 1.165) is 18.5 Å². The van der Waals surface area contributed by atoms with Crippen LogP contribution in [0.4, 0.5) is 4.39 Å². The Kier molecular flexibility index (Phi) is 11.6. The largest absolute Gasteiger partial charge is 0.392 e. The molecule has 1 atom stereocenters. The molecule has 0 spiro atoms. The minimum absolute atomic E-state index is 0.100. The van der Waals surface area contributed by atoms with Gasteiger partial charge in [0.25, 0.3) is 0 Å². The molecule has 0 bridgehead atoms. The molecule has 0 saturated heterocycles. The smallest absolute Gasteiger partial charge is 0.340 e. The highest BCUT2D eigenvalue weighted by atomic mass is 28.4. The molecule has 0 rings (SSSR count). The van der Waals surface area contributed by atoms with Gasteiger partial charge in [-0.2, -0.15) is 0 Å². The SMILES string of the molecule is CCCCCCCCCC[Si](CC)(OC(C)C)OC(C)(C)F. The first kappa shape index (κ1) is 22.1. The van der Waals surface area contributed by atoms with Gasteiger partial charge in [0.05, 0.1) is 0 Å². The van der Waals surface area contributed by atoms with E-state index in [2.05, 4.69) is 13.8 Å². The van der Waals surface area contributed by atoms with Gasteiger partial charge in [-0.1, -0.05) is 65.2 Å². The van der Waals surface area contributed by atoms with Crippen molar-refractivity contribution in [3.63, 3.8) is 0 Å². The Morgan fingerprint density at radius 3 is 1.82 bits per heavy atom. The molecule has 134 valence electrons. The van der Waals surface area contributed by atoms with Crippen LogP contribution < -0.4 is 0 Å². The number of alkyl halides is 1. The van der Waals surface area contributed by atoms with Crippen molar-refractivity contribution in [2.45, 2.75) is 117 Å². The zero-order chi connectivity index (χ0) is 17.1. The fourth-order valence-electron chi connectivity index (χ4n) is 2.87. The predicted molar refractivity (Wildman–Crippen MR) is 96.1 cm³/mol. The van der Waals surface area contributed by atoms with Crippen LogP contribution in [0.3, 0.4) is 0 Å². The van der Waals surface area contributed by atoms with Crippen LogP contribution in [0, 0.1) is 0 Å². The Hall–Kier alpha value is 0.0669. The third-order valence-electron chi connectivity index (χ3n) is 3.83. The Morgan fingerprint density at radius 1 is 0.909 bits per heavy atom. The van der Waals surface area contributed by atoms with Crippen molar-refractivity contribution in [3.05, 3.63) is 0 Å². The number of halogens is 1. The molecule has 2 nitrogen and oxygen atoms in total. The van der Waals surface area contributed by atoms with Gasteiger partial charge < -0.3 is 8.85 Å². The van der Waals surface area contributed by atoms with Crippen molar-refractivity contribution in [1.29, 1.82) is 0 Å². The van der Waals surface area contributed by atoms with E-state index in [1.54, 1.807) is 0 Å². The lowest BCUT2D eigenvalue weighted by molar-refractivity contribution is -0.0631. The minimum Gasteiger partial charge on any atom is -0.392 e. The Labute approximate surface area is 139 Å². The summed E-state index contributed by atoms with van der Waals surface area (Å²) < 4.78 is 25.9. The van der Waals surface area contributed by atoms with Gasteiger partial charge in [0.1, 0.15) is 0 Å². The molecule has 22 heavy (non-hydrogen) atoms. The molecule has 0 saturated carbocycles. The van der Waals surface area contributed by atoms with Crippen LogP contribution in [0.5, 0.6) is 0 Å². The molecule has 0 N–H and O–H groups in total. The van der Waals surface area contributed by atoms with Crippen LogP contribution in [0.25, 0.3) is 0 Å². The van der Waals surface area contributed by atoms with E-state index in [-0.39, 0.29) is 6.10 Å². The topological polar surface area (TPSA) is 18.5 Å². The highest BCUT2D eigenvalue weighted by molar-refractivity contribution is 6.67. The predicted octanol–water partition coefficient (Wildman–Crippen LogP) is 6.74. The molecule has 0 aliphatic rings. The number of hydrogen-bond donors (Lipinski definition) is 0. The molecule has 0 radical (unpaired) electrons. The molecule has 1 unspecified atom stereocenters. The molecular formula is C18H39FO2Si. The quantitative estimate of drug-likeness (QED) is 0.259. The molecule has 0 aromatic heterocycles. The maximum Gasteiger partial charge on any atom is 0.340 e. The van der Waals surface area contributed by atoms with Crippen LogP contribution in [0.1, 0.15) is 92.9 Å². The van der Waals surface area contributed by atoms with E-state index >= 15 is 0 Å². The van der Waals surface area contributed by atoms with Gasteiger partial charge in [0, 0.05) is 6.10 Å². The van der Waals surface area contributed by atoms with Gasteiger partial charge in [-0.25, -0.2) is 4.39 Å². The summed E-state index contributed by atoms with van der Waals surface area (Å²) in [7, 11) is -2.42. The van der Waals surface area contributed by atoms with Crippen molar-refractivity contribution in [2.75, 3.05) is 0 Å². The van der Waals surface area contributed by atoms with Gasteiger partial charge in [-0.3, -0.25) is 0 Å². The molecule has 4 heteroatoms. The summed E-state index contributed by atoms with van der Waals surface area (Å²) in [6, 6.07) is 1.72. The van der Waals surface area contributed by atoms with Gasteiger partial charge >= 0.3 is 8.56 Å². The number of hydrogen-bond acceptors (Lipinski definition) is 2. The lowest BCUT2D eigenvalue weighted by Crippen LogP contribution is -2.48. The first-order valence-electron chi connectivity index (χ1n) is 9.31. The fraction of sp³-hybridized carbons (Fsp3) is 1.00. The number of unbranched alkanes of at least 4 members (excludes halogenated alkanes) is 7. The molecule has 0 amide bonds. The molecule has 0 aliphatic carbocycles. The van der Waals surface area contributed by atoms with Crippen LogP contribution in [0.2, 0.25) is 12.1 Å². The van der Waals surface area contributed by atoms with Gasteiger partial charge in [-0.05, 0) is 39.8 Å². The average molecular weight is 335 g/mol. The minimum atomic E-state index is -2.42. The zero-order valence-corrected chi connectivity index (χ0v) is 16.8. The second-order valence-corrected chi connectivity index (χ2v) is 10.6. The maximum atomic E-state index is 14.0. The summed E-state index contributed by atoms with van der Waals surface area (Å²) >= 11 is 0. The van der Waals surface area contributed by atoms with Crippen molar-refractivity contribution < 1.29 is 13.2 Å². The molecule has 0 aliphatic heterocycles. The highest BCUT2D eigenvalue weighted by Crippen LogP contribution is 2.30. The monoisotopic (exact) mass is 334 g/mol. The third-order valence-corrected chi connectivity index (χ3v) is 7.78. The summed E-state index contributed by atoms with van der Waals surface area (Å²) in [6.07, 6.45) is 10.4. The van der Waals surface area contributed by atoms with Crippen molar-refractivity contribution in [3.8, 4) is 0 Å². The third kappa shape index (κ3) is 11.6. The van der Waals surface area contributed by atoms with Crippen LogP contribution in [-0.2, 0) is 8.85 Å². The Bertz CT molecular complexity index is 266. The first-order valence-corrected chi connectivity index (χ1v) is 11.5. The van der Waals surface area contributed by atoms with E-state index in [1.807, 2.05) is 13.8 Å². The summed E-state index contributed by atoms with van der Waals surface area (Å²) in [5, 5.41) is 0. The van der Waals surface area contributed by atoms with E-state index < -0.39 is 14.4 Å². The zero-order valence-electron chi connectivity index (χ0n) is 15.8. The van der Waals surface area contributed by atoms with Crippen molar-refractivity contribution in [2.24, 2.45) is 0 Å². The van der Waals surface area contributed by atoms with E-state index in [1.165, 1.54) is 58.8 Å². The number of rotatable bonds is 14. The Balaban J connectivity index is 4.18. The average Bonchev–Trinajstić information content (AvgIpc) is 2.39. The molecular weight excluding hydrogens is 295 g/mol. The fourth-order valence-corrected chi connectivity index (χ4v) is 6.33. The molecule has 0 heterocycles. The van der Waals surface area contributed by atoms with Crippen LogP contribution in [-0.4, -0.2) is 20.5 Å². The van der Waals surface area contributed by atoms with E-state index in [4.69, 9.17) is 8.85 Å². The van der Waals surface area contributed by atoms with Gasteiger partial charge in [-0.15, -0.1) is 0 Å². The molecule has 0 aromatic rings. The second kappa shape index (κ2) is 11.6.